The van der Waals surface area contributed by atoms with Crippen molar-refractivity contribution in [3.05, 3.63) is 198 Å². The molecule has 0 saturated carbocycles. The monoisotopic (exact) mass is 623 g/mol. The molecular formula is C43H29NO2S. The van der Waals surface area contributed by atoms with E-state index in [1.54, 1.807) is 36.4 Å². The number of aromatic nitrogens is 1. The SMILES string of the molecule is O=S(=O)(c1ccccc1)c1ccc(C2(c3ccc4c(c3)c3ccccc3n4-c3ccccc3)c3ccccc3-c3ccccc32)cc1. The molecule has 1 aliphatic carbocycles. The second kappa shape index (κ2) is 10.4. The van der Waals surface area contributed by atoms with Crippen LogP contribution < -0.4 is 0 Å². The van der Waals surface area contributed by atoms with Crippen LogP contribution in [0.2, 0.25) is 0 Å². The smallest absolute Gasteiger partial charge is 0.206 e. The molecule has 0 atom stereocenters. The summed E-state index contributed by atoms with van der Waals surface area (Å²) in [6, 6.07) is 59.4. The lowest BCUT2D eigenvalue weighted by Gasteiger charge is -2.34. The van der Waals surface area contributed by atoms with Gasteiger partial charge >= 0.3 is 0 Å². The van der Waals surface area contributed by atoms with Gasteiger partial charge in [0.05, 0.1) is 26.2 Å². The minimum absolute atomic E-state index is 0.281. The molecule has 0 aliphatic heterocycles. The predicted molar refractivity (Wildman–Crippen MR) is 190 cm³/mol. The highest BCUT2D eigenvalue weighted by Crippen LogP contribution is 2.56. The van der Waals surface area contributed by atoms with Gasteiger partial charge in [0.1, 0.15) is 0 Å². The highest BCUT2D eigenvalue weighted by molar-refractivity contribution is 7.91. The van der Waals surface area contributed by atoms with Crippen molar-refractivity contribution in [2.45, 2.75) is 15.2 Å². The summed E-state index contributed by atoms with van der Waals surface area (Å²) in [4.78, 5) is 0.572. The molecule has 47 heavy (non-hydrogen) atoms. The molecule has 0 spiro atoms. The van der Waals surface area contributed by atoms with Gasteiger partial charge < -0.3 is 4.57 Å². The second-order valence-corrected chi connectivity index (χ2v) is 14.1. The first-order valence-electron chi connectivity index (χ1n) is 15.8. The summed E-state index contributed by atoms with van der Waals surface area (Å²) in [5, 5.41) is 2.36. The largest absolute Gasteiger partial charge is 0.309 e. The quantitative estimate of drug-likeness (QED) is 0.191. The van der Waals surface area contributed by atoms with E-state index >= 15 is 0 Å². The Morgan fingerprint density at radius 3 is 1.62 bits per heavy atom. The average molecular weight is 624 g/mol. The minimum atomic E-state index is -3.66. The van der Waals surface area contributed by atoms with E-state index in [9.17, 15) is 8.42 Å². The highest BCUT2D eigenvalue weighted by Gasteiger charge is 2.46. The lowest BCUT2D eigenvalue weighted by Crippen LogP contribution is -2.28. The number of rotatable bonds is 5. The van der Waals surface area contributed by atoms with Crippen molar-refractivity contribution in [1.82, 2.24) is 4.57 Å². The molecule has 3 nitrogen and oxygen atoms in total. The fourth-order valence-electron chi connectivity index (χ4n) is 7.70. The molecule has 1 aromatic heterocycles. The molecule has 0 saturated heterocycles. The first-order valence-corrected chi connectivity index (χ1v) is 17.3. The number of fused-ring (bicyclic) bond motifs is 6. The Morgan fingerprint density at radius 1 is 0.426 bits per heavy atom. The summed E-state index contributed by atoms with van der Waals surface area (Å²) in [5.74, 6) is 0. The Labute approximate surface area is 273 Å². The van der Waals surface area contributed by atoms with E-state index in [2.05, 4.69) is 120 Å². The van der Waals surface area contributed by atoms with Crippen LogP contribution >= 0.6 is 0 Å². The normalized spacial score (nSPS) is 13.4. The van der Waals surface area contributed by atoms with Gasteiger partial charge in [-0.15, -0.1) is 0 Å². The number of hydrogen-bond acceptors (Lipinski definition) is 2. The van der Waals surface area contributed by atoms with Gasteiger partial charge in [0, 0.05) is 16.5 Å². The van der Waals surface area contributed by atoms with Crippen molar-refractivity contribution in [1.29, 1.82) is 0 Å². The molecule has 224 valence electrons. The van der Waals surface area contributed by atoms with E-state index in [-0.39, 0.29) is 4.90 Å². The van der Waals surface area contributed by atoms with E-state index < -0.39 is 15.3 Å². The van der Waals surface area contributed by atoms with Crippen molar-refractivity contribution in [2.75, 3.05) is 0 Å². The van der Waals surface area contributed by atoms with Crippen molar-refractivity contribution in [3.8, 4) is 16.8 Å². The van der Waals surface area contributed by atoms with E-state index in [0.29, 0.717) is 4.90 Å². The summed E-state index contributed by atoms with van der Waals surface area (Å²) in [7, 11) is -3.66. The summed E-state index contributed by atoms with van der Waals surface area (Å²) >= 11 is 0. The first kappa shape index (κ1) is 27.6. The maximum absolute atomic E-state index is 13.6. The maximum atomic E-state index is 13.6. The van der Waals surface area contributed by atoms with Crippen molar-refractivity contribution < 1.29 is 8.42 Å². The van der Waals surface area contributed by atoms with E-state index in [1.165, 1.54) is 33.0 Å². The van der Waals surface area contributed by atoms with Crippen LogP contribution in [0.1, 0.15) is 22.3 Å². The van der Waals surface area contributed by atoms with Crippen LogP contribution in [0.3, 0.4) is 0 Å². The van der Waals surface area contributed by atoms with Crippen LogP contribution in [-0.2, 0) is 15.3 Å². The molecule has 0 fully saturated rings. The van der Waals surface area contributed by atoms with Gasteiger partial charge in [-0.25, -0.2) is 8.42 Å². The number of para-hydroxylation sites is 2. The van der Waals surface area contributed by atoms with E-state index in [4.69, 9.17) is 0 Å². The zero-order chi connectivity index (χ0) is 31.6. The topological polar surface area (TPSA) is 39.1 Å². The predicted octanol–water partition coefficient (Wildman–Crippen LogP) is 9.98. The molecule has 0 bridgehead atoms. The molecule has 7 aromatic carbocycles. The number of benzene rings is 7. The Morgan fingerprint density at radius 2 is 0.936 bits per heavy atom. The molecule has 1 aliphatic rings. The summed E-state index contributed by atoms with van der Waals surface area (Å²) in [6.45, 7) is 0. The summed E-state index contributed by atoms with van der Waals surface area (Å²) < 4.78 is 29.5. The van der Waals surface area contributed by atoms with Crippen molar-refractivity contribution >= 4 is 31.6 Å². The van der Waals surface area contributed by atoms with E-state index in [0.717, 1.165) is 27.8 Å². The summed E-state index contributed by atoms with van der Waals surface area (Å²) in [5.41, 5.74) is 9.66. The second-order valence-electron chi connectivity index (χ2n) is 12.1. The fraction of sp³-hybridized carbons (Fsp3) is 0.0233. The number of sulfone groups is 1. The average Bonchev–Trinajstić information content (AvgIpc) is 3.63. The zero-order valence-corrected chi connectivity index (χ0v) is 26.2. The minimum Gasteiger partial charge on any atom is -0.309 e. The third-order valence-electron chi connectivity index (χ3n) is 9.72. The third-order valence-corrected chi connectivity index (χ3v) is 11.5. The van der Waals surface area contributed by atoms with Crippen LogP contribution in [0.15, 0.2) is 186 Å². The van der Waals surface area contributed by atoms with Crippen LogP contribution in [0.5, 0.6) is 0 Å². The van der Waals surface area contributed by atoms with Gasteiger partial charge in [0.2, 0.25) is 9.84 Å². The Kier molecular flexibility index (Phi) is 6.11. The Balaban J connectivity index is 1.33. The van der Waals surface area contributed by atoms with Crippen molar-refractivity contribution in [3.63, 3.8) is 0 Å². The van der Waals surface area contributed by atoms with Crippen molar-refractivity contribution in [2.24, 2.45) is 0 Å². The van der Waals surface area contributed by atoms with Crippen LogP contribution in [0.4, 0.5) is 0 Å². The highest BCUT2D eigenvalue weighted by atomic mass is 32.2. The third kappa shape index (κ3) is 3.95. The fourth-order valence-corrected chi connectivity index (χ4v) is 8.99. The Bertz CT molecular complexity index is 2520. The van der Waals surface area contributed by atoms with Gasteiger partial charge in [0.25, 0.3) is 0 Å². The van der Waals surface area contributed by atoms with Gasteiger partial charge in [-0.3, -0.25) is 0 Å². The Hall–Kier alpha value is -5.71. The molecule has 4 heteroatoms. The zero-order valence-electron chi connectivity index (χ0n) is 25.4. The molecule has 0 unspecified atom stereocenters. The number of hydrogen-bond donors (Lipinski definition) is 0. The molecule has 1 heterocycles. The van der Waals surface area contributed by atoms with Crippen LogP contribution in [0.25, 0.3) is 38.6 Å². The van der Waals surface area contributed by atoms with Gasteiger partial charge in [-0.05, 0) is 88.0 Å². The molecule has 0 N–H and O–H groups in total. The molecular weight excluding hydrogens is 595 g/mol. The standard InChI is InChI=1S/C43H29NO2S/c45-47(46,33-15-5-2-6-16-33)34-26-23-30(24-27-34)43(39-20-10-7-17-35(39)36-18-8-11-21-40(36)43)31-25-28-42-38(29-31)37-19-9-12-22-41(37)44(42)32-13-3-1-4-14-32/h1-29H. The molecule has 0 radical (unpaired) electrons. The van der Waals surface area contributed by atoms with E-state index in [1.807, 2.05) is 24.3 Å². The molecule has 8 aromatic rings. The first-order chi connectivity index (χ1) is 23.1. The van der Waals surface area contributed by atoms with Gasteiger partial charge in [-0.1, -0.05) is 121 Å². The maximum Gasteiger partial charge on any atom is 0.206 e. The van der Waals surface area contributed by atoms with Crippen LogP contribution in [-0.4, -0.2) is 13.0 Å². The number of nitrogens with zero attached hydrogens (tertiary/aromatic N) is 1. The van der Waals surface area contributed by atoms with Crippen LogP contribution in [0, 0.1) is 0 Å². The molecule has 9 rings (SSSR count). The lowest BCUT2D eigenvalue weighted by atomic mass is 9.67. The van der Waals surface area contributed by atoms with Gasteiger partial charge in [-0.2, -0.15) is 0 Å². The lowest BCUT2D eigenvalue weighted by molar-refractivity contribution is 0.596. The molecule has 0 amide bonds. The summed E-state index contributed by atoms with van der Waals surface area (Å²) in [6.07, 6.45) is 0. The van der Waals surface area contributed by atoms with Gasteiger partial charge in [0.15, 0.2) is 0 Å².